The monoisotopic (exact) mass is 357 g/mol. The average Bonchev–Trinajstić information content (AvgIpc) is 2.91. The molecule has 0 aliphatic heterocycles. The molecular formula is C14H19N3O6S. The van der Waals surface area contributed by atoms with Crippen molar-refractivity contribution in [2.24, 2.45) is 0 Å². The minimum atomic E-state index is -1.31. The second kappa shape index (κ2) is 8.39. The molecule has 1 unspecified atom stereocenters. The molecule has 10 heteroatoms. The fourth-order valence-electron chi connectivity index (χ4n) is 1.54. The zero-order valence-corrected chi connectivity index (χ0v) is 14.6. The van der Waals surface area contributed by atoms with Gasteiger partial charge in [-0.3, -0.25) is 9.59 Å². The number of hydrogen-bond acceptors (Lipinski definition) is 8. The van der Waals surface area contributed by atoms with Gasteiger partial charge in [-0.15, -0.1) is 11.3 Å². The van der Waals surface area contributed by atoms with E-state index in [2.05, 4.69) is 20.4 Å². The Morgan fingerprint density at radius 3 is 2.58 bits per heavy atom. The molecule has 24 heavy (non-hydrogen) atoms. The SMILES string of the molecule is CCOC(=O)C(=O)NC(C(=O)OC(C)(C)C)c1csc(NC=O)n1. The van der Waals surface area contributed by atoms with Crippen molar-refractivity contribution in [1.82, 2.24) is 10.3 Å². The summed E-state index contributed by atoms with van der Waals surface area (Å²) in [4.78, 5) is 50.1. The van der Waals surface area contributed by atoms with Crippen molar-refractivity contribution in [2.75, 3.05) is 11.9 Å². The molecule has 0 saturated heterocycles. The quantitative estimate of drug-likeness (QED) is 0.438. The number of ether oxygens (including phenoxy) is 2. The number of anilines is 1. The second-order valence-electron chi connectivity index (χ2n) is 5.50. The molecule has 9 nitrogen and oxygen atoms in total. The van der Waals surface area contributed by atoms with Crippen LogP contribution in [0.2, 0.25) is 0 Å². The lowest BCUT2D eigenvalue weighted by Gasteiger charge is -2.23. The molecule has 0 radical (unpaired) electrons. The van der Waals surface area contributed by atoms with Crippen molar-refractivity contribution in [1.29, 1.82) is 0 Å². The van der Waals surface area contributed by atoms with Gasteiger partial charge in [-0.05, 0) is 27.7 Å². The Labute approximate surface area is 142 Å². The molecule has 2 N–H and O–H groups in total. The molecule has 132 valence electrons. The number of hydrogen-bond donors (Lipinski definition) is 2. The predicted molar refractivity (Wildman–Crippen MR) is 85.2 cm³/mol. The van der Waals surface area contributed by atoms with Gasteiger partial charge >= 0.3 is 17.8 Å². The third kappa shape index (κ3) is 5.95. The van der Waals surface area contributed by atoms with Crippen LogP contribution < -0.4 is 10.6 Å². The largest absolute Gasteiger partial charge is 0.459 e. The third-order valence-electron chi connectivity index (χ3n) is 2.38. The molecule has 0 aromatic carbocycles. The van der Waals surface area contributed by atoms with Crippen LogP contribution in [0.5, 0.6) is 0 Å². The molecule has 0 saturated carbocycles. The lowest BCUT2D eigenvalue weighted by molar-refractivity contribution is -0.161. The van der Waals surface area contributed by atoms with Gasteiger partial charge in [0.1, 0.15) is 5.60 Å². The predicted octanol–water partition coefficient (Wildman–Crippen LogP) is 0.773. The van der Waals surface area contributed by atoms with Crippen LogP contribution >= 0.6 is 11.3 Å². The highest BCUT2D eigenvalue weighted by Crippen LogP contribution is 2.23. The fraction of sp³-hybridized carbons (Fsp3) is 0.500. The molecule has 1 atom stereocenters. The maximum absolute atomic E-state index is 12.3. The molecule has 0 spiro atoms. The van der Waals surface area contributed by atoms with E-state index < -0.39 is 29.5 Å². The Morgan fingerprint density at radius 2 is 2.04 bits per heavy atom. The lowest BCUT2D eigenvalue weighted by Crippen LogP contribution is -2.41. The number of esters is 2. The van der Waals surface area contributed by atoms with Crippen LogP contribution in [0.15, 0.2) is 5.38 Å². The van der Waals surface area contributed by atoms with Crippen LogP contribution in [0.1, 0.15) is 39.4 Å². The van der Waals surface area contributed by atoms with Crippen molar-refractivity contribution < 1.29 is 28.7 Å². The van der Waals surface area contributed by atoms with Gasteiger partial charge in [0.15, 0.2) is 11.2 Å². The van der Waals surface area contributed by atoms with Gasteiger partial charge in [-0.25, -0.2) is 14.6 Å². The number of nitrogens with one attached hydrogen (secondary N) is 2. The van der Waals surface area contributed by atoms with Crippen LogP contribution in [0.25, 0.3) is 0 Å². The van der Waals surface area contributed by atoms with E-state index in [-0.39, 0.29) is 17.4 Å². The highest BCUT2D eigenvalue weighted by Gasteiger charge is 2.32. The smallest absolute Gasteiger partial charge is 0.396 e. The number of thiazole rings is 1. The Hall–Kier alpha value is -2.49. The summed E-state index contributed by atoms with van der Waals surface area (Å²) in [7, 11) is 0. The first-order chi connectivity index (χ1) is 11.2. The lowest BCUT2D eigenvalue weighted by atomic mass is 10.1. The van der Waals surface area contributed by atoms with E-state index in [9.17, 15) is 19.2 Å². The summed E-state index contributed by atoms with van der Waals surface area (Å²) in [6.45, 7) is 6.56. The molecular weight excluding hydrogens is 338 g/mol. The molecule has 2 amide bonds. The number of rotatable bonds is 6. The van der Waals surface area contributed by atoms with Crippen LogP contribution in [0, 0.1) is 0 Å². The standard InChI is InChI=1S/C14H19N3O6S/c1-5-22-12(21)10(19)17-9(11(20)23-14(2,3)4)8-6-24-13(16-8)15-7-18/h6-7,9H,5H2,1-4H3,(H,17,19)(H,15,16,18). The summed E-state index contributed by atoms with van der Waals surface area (Å²) >= 11 is 1.05. The zero-order valence-electron chi connectivity index (χ0n) is 13.7. The van der Waals surface area contributed by atoms with Crippen molar-refractivity contribution >= 4 is 40.7 Å². The minimum Gasteiger partial charge on any atom is -0.459 e. The summed E-state index contributed by atoms with van der Waals surface area (Å²) < 4.78 is 9.82. The molecule has 1 heterocycles. The van der Waals surface area contributed by atoms with Crippen LogP contribution in [0.4, 0.5) is 5.13 Å². The average molecular weight is 357 g/mol. The van der Waals surface area contributed by atoms with E-state index >= 15 is 0 Å². The fourth-order valence-corrected chi connectivity index (χ4v) is 2.23. The number of amides is 2. The molecule has 0 bridgehead atoms. The van der Waals surface area contributed by atoms with E-state index in [0.717, 1.165) is 11.3 Å². The van der Waals surface area contributed by atoms with Crippen molar-refractivity contribution in [2.45, 2.75) is 39.3 Å². The van der Waals surface area contributed by atoms with Crippen molar-refractivity contribution in [3.8, 4) is 0 Å². The minimum absolute atomic E-state index is 0.0213. The molecule has 0 aliphatic rings. The van der Waals surface area contributed by atoms with Gasteiger partial charge in [0, 0.05) is 5.38 Å². The Kier molecular flexibility index (Phi) is 6.83. The van der Waals surface area contributed by atoms with E-state index in [4.69, 9.17) is 4.74 Å². The molecule has 0 fully saturated rings. The number of carbonyl (C=O) groups excluding carboxylic acids is 4. The summed E-state index contributed by atoms with van der Waals surface area (Å²) in [5.74, 6) is -3.00. The van der Waals surface area contributed by atoms with E-state index in [0.29, 0.717) is 6.41 Å². The van der Waals surface area contributed by atoms with E-state index in [1.807, 2.05) is 0 Å². The first-order valence-electron chi connectivity index (χ1n) is 7.04. The summed E-state index contributed by atoms with van der Waals surface area (Å²) in [5, 5.41) is 6.27. The summed E-state index contributed by atoms with van der Waals surface area (Å²) in [5.41, 5.74) is -0.666. The van der Waals surface area contributed by atoms with Gasteiger partial charge in [0.05, 0.1) is 12.3 Å². The van der Waals surface area contributed by atoms with Crippen LogP contribution in [-0.4, -0.2) is 41.4 Å². The number of carbonyl (C=O) groups is 4. The first-order valence-corrected chi connectivity index (χ1v) is 7.92. The van der Waals surface area contributed by atoms with E-state index in [1.165, 1.54) is 5.38 Å². The normalized spacial score (nSPS) is 12.0. The van der Waals surface area contributed by atoms with Gasteiger partial charge in [0.2, 0.25) is 6.41 Å². The first kappa shape index (κ1) is 19.6. The summed E-state index contributed by atoms with van der Waals surface area (Å²) in [6.07, 6.45) is 0.433. The highest BCUT2D eigenvalue weighted by atomic mass is 32.1. The number of aromatic nitrogens is 1. The number of nitrogens with zero attached hydrogens (tertiary/aromatic N) is 1. The van der Waals surface area contributed by atoms with Crippen molar-refractivity contribution in [3.05, 3.63) is 11.1 Å². The zero-order chi connectivity index (χ0) is 18.3. The Morgan fingerprint density at radius 1 is 1.38 bits per heavy atom. The Balaban J connectivity index is 3.01. The maximum Gasteiger partial charge on any atom is 0.396 e. The molecule has 0 aliphatic carbocycles. The van der Waals surface area contributed by atoms with E-state index in [1.54, 1.807) is 27.7 Å². The third-order valence-corrected chi connectivity index (χ3v) is 3.17. The molecule has 1 rings (SSSR count). The summed E-state index contributed by atoms with van der Waals surface area (Å²) in [6, 6.07) is -1.31. The van der Waals surface area contributed by atoms with Gasteiger partial charge < -0.3 is 20.1 Å². The van der Waals surface area contributed by atoms with Gasteiger partial charge in [-0.2, -0.15) is 0 Å². The second-order valence-corrected chi connectivity index (χ2v) is 6.36. The van der Waals surface area contributed by atoms with Crippen LogP contribution in [-0.2, 0) is 28.7 Å². The topological polar surface area (TPSA) is 124 Å². The maximum atomic E-state index is 12.3. The Bertz CT molecular complexity index is 622. The molecule has 1 aromatic heterocycles. The van der Waals surface area contributed by atoms with Crippen molar-refractivity contribution in [3.63, 3.8) is 0 Å². The molecule has 1 aromatic rings. The van der Waals surface area contributed by atoms with Gasteiger partial charge in [0.25, 0.3) is 0 Å². The highest BCUT2D eigenvalue weighted by molar-refractivity contribution is 7.13. The van der Waals surface area contributed by atoms with Crippen LogP contribution in [0.3, 0.4) is 0 Å². The van der Waals surface area contributed by atoms with Gasteiger partial charge in [-0.1, -0.05) is 0 Å².